The maximum atomic E-state index is 13.2. The molecule has 1 aromatic carbocycles. The molecule has 0 saturated heterocycles. The Bertz CT molecular complexity index is 348. The first-order chi connectivity index (χ1) is 7.02. The number of carbonyl (C=O) groups excluding carboxylic acids is 1. The Hall–Kier alpha value is -1.13. The lowest BCUT2D eigenvalue weighted by atomic mass is 10.2. The highest BCUT2D eigenvalue weighted by Gasteiger charge is 2.15. The van der Waals surface area contributed by atoms with Crippen LogP contribution in [0.1, 0.15) is 17.3 Å². The van der Waals surface area contributed by atoms with Gasteiger partial charge in [-0.15, -0.1) is 0 Å². The van der Waals surface area contributed by atoms with E-state index in [1.807, 2.05) is 0 Å². The smallest absolute Gasteiger partial charge is 0.255 e. The topological polar surface area (TPSA) is 55.1 Å². The van der Waals surface area contributed by atoms with Crippen molar-refractivity contribution in [3.63, 3.8) is 0 Å². The third kappa shape index (κ3) is 3.18. The zero-order chi connectivity index (χ0) is 11.4. The summed E-state index contributed by atoms with van der Waals surface area (Å²) >= 11 is 5.71. The molecule has 0 aliphatic carbocycles. The van der Waals surface area contributed by atoms with Crippen LogP contribution >= 0.6 is 11.6 Å². The maximum Gasteiger partial charge on any atom is 0.255 e. The highest BCUT2D eigenvalue weighted by Crippen LogP contribution is 2.18. The summed E-state index contributed by atoms with van der Waals surface area (Å²) in [6.07, 6.45) is 0. The molecule has 0 fully saturated rings. The van der Waals surface area contributed by atoms with E-state index in [2.05, 4.69) is 5.32 Å². The summed E-state index contributed by atoms with van der Waals surface area (Å²) in [5.41, 5.74) is 5.31. The van der Waals surface area contributed by atoms with Gasteiger partial charge < -0.3 is 11.1 Å². The Balaban J connectivity index is 2.82. The molecule has 1 rings (SSSR count). The predicted molar refractivity (Wildman–Crippen MR) is 57.4 cm³/mol. The van der Waals surface area contributed by atoms with Crippen molar-refractivity contribution in [2.75, 3.05) is 6.54 Å². The van der Waals surface area contributed by atoms with Gasteiger partial charge in [-0.25, -0.2) is 4.39 Å². The first-order valence-electron chi connectivity index (χ1n) is 4.50. The Morgan fingerprint density at radius 2 is 2.33 bits per heavy atom. The fourth-order valence-electron chi connectivity index (χ4n) is 1.06. The summed E-state index contributed by atoms with van der Waals surface area (Å²) in [5, 5.41) is 2.59. The van der Waals surface area contributed by atoms with Crippen LogP contribution in [0.15, 0.2) is 18.2 Å². The van der Waals surface area contributed by atoms with Gasteiger partial charge >= 0.3 is 0 Å². The summed E-state index contributed by atoms with van der Waals surface area (Å²) in [6, 6.07) is 3.91. The second-order valence-corrected chi connectivity index (χ2v) is 3.69. The van der Waals surface area contributed by atoms with Crippen LogP contribution in [-0.2, 0) is 0 Å². The fourth-order valence-corrected chi connectivity index (χ4v) is 1.31. The molecule has 1 unspecified atom stereocenters. The third-order valence-corrected chi connectivity index (χ3v) is 2.09. The van der Waals surface area contributed by atoms with Gasteiger partial charge in [0.1, 0.15) is 5.82 Å². The summed E-state index contributed by atoms with van der Waals surface area (Å²) in [7, 11) is 0. The van der Waals surface area contributed by atoms with Crippen LogP contribution in [0.2, 0.25) is 5.02 Å². The first kappa shape index (κ1) is 11.9. The average molecular weight is 231 g/mol. The van der Waals surface area contributed by atoms with E-state index in [0.717, 1.165) is 0 Å². The lowest BCUT2D eigenvalue weighted by Crippen LogP contribution is -2.35. The van der Waals surface area contributed by atoms with E-state index in [9.17, 15) is 9.18 Å². The average Bonchev–Trinajstić information content (AvgIpc) is 2.14. The van der Waals surface area contributed by atoms with Gasteiger partial charge in [-0.1, -0.05) is 17.7 Å². The molecule has 0 heterocycles. The van der Waals surface area contributed by atoms with Gasteiger partial charge in [0.05, 0.1) is 10.6 Å². The molecule has 0 spiro atoms. The SMILES string of the molecule is CC(N)CNC(=O)c1c(F)cccc1Cl. The van der Waals surface area contributed by atoms with Gasteiger partial charge in [-0.2, -0.15) is 0 Å². The molecule has 0 aliphatic heterocycles. The van der Waals surface area contributed by atoms with Crippen molar-refractivity contribution in [2.24, 2.45) is 5.73 Å². The van der Waals surface area contributed by atoms with Crippen molar-refractivity contribution in [1.29, 1.82) is 0 Å². The van der Waals surface area contributed by atoms with Gasteiger partial charge in [0.15, 0.2) is 0 Å². The highest BCUT2D eigenvalue weighted by molar-refractivity contribution is 6.33. The van der Waals surface area contributed by atoms with Crippen LogP contribution in [0, 0.1) is 5.82 Å². The van der Waals surface area contributed by atoms with E-state index < -0.39 is 11.7 Å². The molecule has 0 aliphatic rings. The minimum absolute atomic E-state index is 0.0946. The molecule has 0 saturated carbocycles. The van der Waals surface area contributed by atoms with Gasteiger partial charge in [0, 0.05) is 12.6 Å². The number of hydrogen-bond acceptors (Lipinski definition) is 2. The van der Waals surface area contributed by atoms with Crippen molar-refractivity contribution in [3.8, 4) is 0 Å². The van der Waals surface area contributed by atoms with E-state index in [4.69, 9.17) is 17.3 Å². The molecule has 82 valence electrons. The van der Waals surface area contributed by atoms with E-state index in [1.54, 1.807) is 6.92 Å². The fraction of sp³-hybridized carbons (Fsp3) is 0.300. The van der Waals surface area contributed by atoms with Crippen LogP contribution in [-0.4, -0.2) is 18.5 Å². The lowest BCUT2D eigenvalue weighted by Gasteiger charge is -2.09. The number of halogens is 2. The number of carbonyl (C=O) groups is 1. The number of amides is 1. The predicted octanol–water partition coefficient (Wildman–Crippen LogP) is 1.56. The third-order valence-electron chi connectivity index (χ3n) is 1.77. The Labute approximate surface area is 92.4 Å². The van der Waals surface area contributed by atoms with E-state index in [1.165, 1.54) is 18.2 Å². The Morgan fingerprint density at radius 3 is 2.87 bits per heavy atom. The normalized spacial score (nSPS) is 12.3. The van der Waals surface area contributed by atoms with Crippen molar-refractivity contribution < 1.29 is 9.18 Å². The molecular formula is C10H12ClFN2O. The molecule has 0 aromatic heterocycles. The minimum Gasteiger partial charge on any atom is -0.350 e. The Morgan fingerprint density at radius 1 is 1.67 bits per heavy atom. The van der Waals surface area contributed by atoms with Crippen molar-refractivity contribution in [1.82, 2.24) is 5.32 Å². The standard InChI is InChI=1S/C10H12ClFN2O/c1-6(13)5-14-10(15)9-7(11)3-2-4-8(9)12/h2-4,6H,5,13H2,1H3,(H,14,15). The first-order valence-corrected chi connectivity index (χ1v) is 4.88. The molecule has 1 atom stereocenters. The van der Waals surface area contributed by atoms with Gasteiger partial charge in [-0.3, -0.25) is 4.79 Å². The van der Waals surface area contributed by atoms with Crippen molar-refractivity contribution in [2.45, 2.75) is 13.0 Å². The van der Waals surface area contributed by atoms with Crippen LogP contribution in [0.3, 0.4) is 0 Å². The molecule has 1 aromatic rings. The van der Waals surface area contributed by atoms with E-state index >= 15 is 0 Å². The monoisotopic (exact) mass is 230 g/mol. The molecule has 0 radical (unpaired) electrons. The summed E-state index contributed by atoms with van der Waals surface area (Å²) in [5.74, 6) is -1.18. The lowest BCUT2D eigenvalue weighted by molar-refractivity contribution is 0.0948. The summed E-state index contributed by atoms with van der Waals surface area (Å²) in [6.45, 7) is 2.02. The van der Waals surface area contributed by atoms with Crippen LogP contribution in [0.5, 0.6) is 0 Å². The molecule has 5 heteroatoms. The van der Waals surface area contributed by atoms with E-state index in [0.29, 0.717) is 0 Å². The number of hydrogen-bond donors (Lipinski definition) is 2. The van der Waals surface area contributed by atoms with Crippen LogP contribution in [0.25, 0.3) is 0 Å². The molecule has 3 nitrogen and oxygen atoms in total. The molecular weight excluding hydrogens is 219 g/mol. The quantitative estimate of drug-likeness (QED) is 0.828. The van der Waals surface area contributed by atoms with Crippen molar-refractivity contribution in [3.05, 3.63) is 34.6 Å². The van der Waals surface area contributed by atoms with Gasteiger partial charge in [-0.05, 0) is 19.1 Å². The zero-order valence-corrected chi connectivity index (χ0v) is 9.01. The minimum atomic E-state index is -0.635. The maximum absolute atomic E-state index is 13.2. The van der Waals surface area contributed by atoms with Crippen LogP contribution < -0.4 is 11.1 Å². The van der Waals surface area contributed by atoms with E-state index in [-0.39, 0.29) is 23.2 Å². The summed E-state index contributed by atoms with van der Waals surface area (Å²) < 4.78 is 13.2. The Kier molecular flexibility index (Phi) is 4.05. The molecule has 0 bridgehead atoms. The number of nitrogens with two attached hydrogens (primary N) is 1. The molecule has 15 heavy (non-hydrogen) atoms. The highest BCUT2D eigenvalue weighted by atomic mass is 35.5. The van der Waals surface area contributed by atoms with Gasteiger partial charge in [0.2, 0.25) is 0 Å². The summed E-state index contributed by atoms with van der Waals surface area (Å²) in [4.78, 5) is 11.5. The molecule has 1 amide bonds. The molecule has 3 N–H and O–H groups in total. The second-order valence-electron chi connectivity index (χ2n) is 3.28. The largest absolute Gasteiger partial charge is 0.350 e. The zero-order valence-electron chi connectivity index (χ0n) is 8.26. The number of nitrogens with one attached hydrogen (secondary N) is 1. The second kappa shape index (κ2) is 5.09. The number of rotatable bonds is 3. The van der Waals surface area contributed by atoms with Crippen molar-refractivity contribution >= 4 is 17.5 Å². The van der Waals surface area contributed by atoms with Crippen LogP contribution in [0.4, 0.5) is 4.39 Å². The van der Waals surface area contributed by atoms with Gasteiger partial charge in [0.25, 0.3) is 5.91 Å². The number of benzene rings is 1.